The molecule has 0 unspecified atom stereocenters. The number of hydrogen-bond donors (Lipinski definition) is 2. The Kier molecular flexibility index (Phi) is 3.32. The molecule has 154 valence electrons. The molecule has 2 aromatic rings. The molecule has 0 aliphatic heterocycles. The van der Waals surface area contributed by atoms with E-state index in [1.807, 2.05) is 5.32 Å². The summed E-state index contributed by atoms with van der Waals surface area (Å²) in [5, 5.41) is 6.99. The van der Waals surface area contributed by atoms with E-state index in [2.05, 4.69) is 0 Å². The van der Waals surface area contributed by atoms with Crippen LogP contribution in [0.1, 0.15) is 39.9 Å². The van der Waals surface area contributed by atoms with Gasteiger partial charge in [-0.15, -0.1) is 0 Å². The van der Waals surface area contributed by atoms with Crippen LogP contribution in [-0.4, -0.2) is 41.3 Å². The highest BCUT2D eigenvalue weighted by molar-refractivity contribution is 7.89. The lowest BCUT2D eigenvalue weighted by Gasteiger charge is -2.16. The lowest BCUT2D eigenvalue weighted by Crippen LogP contribution is -2.32. The van der Waals surface area contributed by atoms with Crippen LogP contribution in [0.3, 0.4) is 0 Å². The highest BCUT2D eigenvalue weighted by atomic mass is 32.2. The van der Waals surface area contributed by atoms with Gasteiger partial charge in [0.2, 0.25) is 10.0 Å². The molecule has 1 atom stereocenters. The smallest absolute Gasteiger partial charge is 0.241 e. The summed E-state index contributed by atoms with van der Waals surface area (Å²) in [6.45, 7) is -6.87. The van der Waals surface area contributed by atoms with Crippen molar-refractivity contribution in [3.63, 3.8) is 0 Å². The van der Waals surface area contributed by atoms with E-state index >= 15 is 0 Å². The second kappa shape index (κ2) is 10.3. The van der Waals surface area contributed by atoms with E-state index in [0.717, 1.165) is 7.11 Å². The average Bonchev–Trinajstić information content (AvgIpc) is 2.87. The Bertz CT molecular complexity index is 1520. The maximum Gasteiger partial charge on any atom is 0.241 e. The molecule has 0 saturated carbocycles. The molecule has 0 spiro atoms. The minimum Gasteiger partial charge on any atom is -0.495 e. The second-order valence-electron chi connectivity index (χ2n) is 4.85. The largest absolute Gasteiger partial charge is 0.495 e. The summed E-state index contributed by atoms with van der Waals surface area (Å²) in [4.78, 5) is -1.25. The van der Waals surface area contributed by atoms with Crippen molar-refractivity contribution in [1.29, 1.82) is 0 Å². The first-order chi connectivity index (χ1) is 19.3. The zero-order valence-corrected chi connectivity index (χ0v) is 15.8. The SMILES string of the molecule is [2H]c1c([2H])c([2H])c(OC([2H])([2H])CN[C@]([2H])(C([2H])([2H])[2H])C([2H])([2H])c2c([2H])c([2H])c(OC)c(S(N)(=O)=O)c2[2H])c(OCC)c1[2H]. The summed E-state index contributed by atoms with van der Waals surface area (Å²) in [6.07, 6.45) is -3.74. The van der Waals surface area contributed by atoms with E-state index in [4.69, 9.17) is 39.9 Å². The summed E-state index contributed by atoms with van der Waals surface area (Å²) in [5.74, 6) is -2.27. The van der Waals surface area contributed by atoms with Gasteiger partial charge in [0.05, 0.1) is 26.1 Å². The summed E-state index contributed by atoms with van der Waals surface area (Å²) in [5.41, 5.74) is -1.35. The van der Waals surface area contributed by atoms with Gasteiger partial charge in [-0.25, -0.2) is 13.6 Å². The normalized spacial score (nSPS) is 22.8. The monoisotopic (exact) mass is 423 g/mol. The van der Waals surface area contributed by atoms with Crippen molar-refractivity contribution in [3.05, 3.63) is 47.9 Å². The van der Waals surface area contributed by atoms with Crippen molar-refractivity contribution in [3.8, 4) is 17.2 Å². The zero-order chi connectivity index (χ0) is 33.7. The molecule has 7 nitrogen and oxygen atoms in total. The Morgan fingerprint density at radius 2 is 1.96 bits per heavy atom. The molecule has 2 aromatic carbocycles. The van der Waals surface area contributed by atoms with Crippen LogP contribution >= 0.6 is 0 Å². The van der Waals surface area contributed by atoms with Gasteiger partial charge in [0.25, 0.3) is 0 Å². The third kappa shape index (κ3) is 6.40. The van der Waals surface area contributed by atoms with Crippen LogP contribution in [0.4, 0.5) is 0 Å². The van der Waals surface area contributed by atoms with Crippen LogP contribution in [0, 0.1) is 0 Å². The predicted molar refractivity (Wildman–Crippen MR) is 109 cm³/mol. The van der Waals surface area contributed by atoms with Gasteiger partial charge in [-0.2, -0.15) is 0 Å². The molecule has 8 heteroatoms. The third-order valence-corrected chi connectivity index (χ3v) is 3.76. The minimum absolute atomic E-state index is 0.125. The Labute approximate surface area is 187 Å². The molecule has 0 heterocycles. The molecule has 0 fully saturated rings. The molecule has 0 aliphatic carbocycles. The molecule has 0 radical (unpaired) electrons. The highest BCUT2D eigenvalue weighted by Crippen LogP contribution is 2.26. The van der Waals surface area contributed by atoms with Crippen LogP contribution in [0.5, 0.6) is 17.2 Å². The minimum atomic E-state index is -4.93. The quantitative estimate of drug-likeness (QED) is 0.575. The number of benzene rings is 2. The van der Waals surface area contributed by atoms with Crippen LogP contribution in [0.15, 0.2) is 47.2 Å². The average molecular weight is 424 g/mol. The van der Waals surface area contributed by atoms with Crippen LogP contribution in [0.2, 0.25) is 0 Å². The first-order valence-electron chi connectivity index (χ1n) is 15.2. The van der Waals surface area contributed by atoms with Gasteiger partial charge in [0.15, 0.2) is 11.5 Å². The van der Waals surface area contributed by atoms with Gasteiger partial charge in [-0.05, 0) is 49.9 Å². The summed E-state index contributed by atoms with van der Waals surface area (Å²) >= 11 is 0. The van der Waals surface area contributed by atoms with Crippen LogP contribution in [-0.2, 0) is 16.4 Å². The number of methoxy groups -OCH3 is 1. The molecule has 28 heavy (non-hydrogen) atoms. The summed E-state index contributed by atoms with van der Waals surface area (Å²) < 4.78 is 162. The van der Waals surface area contributed by atoms with Crippen LogP contribution in [0.25, 0.3) is 0 Å². The molecule has 0 bridgehead atoms. The number of hydrogen-bond acceptors (Lipinski definition) is 6. The lowest BCUT2D eigenvalue weighted by molar-refractivity contribution is 0.272. The van der Waals surface area contributed by atoms with Gasteiger partial charge >= 0.3 is 0 Å². The number of sulfonamides is 1. The Morgan fingerprint density at radius 1 is 1.25 bits per heavy atom. The highest BCUT2D eigenvalue weighted by Gasteiger charge is 2.16. The van der Waals surface area contributed by atoms with Gasteiger partial charge < -0.3 is 19.5 Å². The fourth-order valence-electron chi connectivity index (χ4n) is 1.79. The topological polar surface area (TPSA) is 99.9 Å². The van der Waals surface area contributed by atoms with Gasteiger partial charge in [0, 0.05) is 20.8 Å². The van der Waals surface area contributed by atoms with E-state index in [1.165, 1.54) is 6.92 Å². The number of ether oxygens (including phenoxy) is 3. The molecule has 0 aliphatic rings. The number of nitrogens with one attached hydrogen (secondary N) is 1. The van der Waals surface area contributed by atoms with Crippen molar-refractivity contribution in [2.75, 3.05) is 26.8 Å². The van der Waals surface area contributed by atoms with E-state index < -0.39 is 112 Å². The first-order valence-corrected chi connectivity index (χ1v) is 9.25. The fraction of sp³-hybridized carbons (Fsp3) is 0.400. The molecule has 2 rings (SSSR count). The Morgan fingerprint density at radius 3 is 2.57 bits per heavy atom. The van der Waals surface area contributed by atoms with Gasteiger partial charge in [0.1, 0.15) is 17.2 Å². The summed E-state index contributed by atoms with van der Waals surface area (Å²) in [6, 6.07) is -10.4. The van der Waals surface area contributed by atoms with Crippen molar-refractivity contribution in [2.24, 2.45) is 5.14 Å². The van der Waals surface area contributed by atoms with Crippen LogP contribution < -0.4 is 24.7 Å². The third-order valence-electron chi connectivity index (χ3n) is 2.91. The maximum atomic E-state index is 12.2. The Balaban J connectivity index is 2.72. The number of nitrogens with two attached hydrogens (primary N) is 1. The zero-order valence-electron chi connectivity index (χ0n) is 29.9. The number of primary sulfonamides is 1. The van der Waals surface area contributed by atoms with Gasteiger partial charge in [-0.1, -0.05) is 18.1 Å². The molecule has 3 N–H and O–H groups in total. The second-order valence-corrected chi connectivity index (χ2v) is 6.35. The number of rotatable bonds is 11. The van der Waals surface area contributed by atoms with E-state index in [0.29, 0.717) is 0 Å². The molecule has 0 aromatic heterocycles. The van der Waals surface area contributed by atoms with Crippen molar-refractivity contribution in [1.82, 2.24) is 5.32 Å². The lowest BCUT2D eigenvalue weighted by atomic mass is 10.1. The number of para-hydroxylation sites is 2. The molecule has 0 saturated heterocycles. The van der Waals surface area contributed by atoms with E-state index in [-0.39, 0.29) is 6.61 Å². The first kappa shape index (κ1) is 9.02. The van der Waals surface area contributed by atoms with Gasteiger partial charge in [-0.3, -0.25) is 0 Å². The van der Waals surface area contributed by atoms with Crippen molar-refractivity contribution < 1.29 is 43.2 Å². The van der Waals surface area contributed by atoms with E-state index in [1.54, 1.807) is 0 Å². The fourth-order valence-corrected chi connectivity index (χ4v) is 2.43. The summed E-state index contributed by atoms with van der Waals surface area (Å²) in [7, 11) is -4.04. The maximum absolute atomic E-state index is 12.2. The standard InChI is InChI=1S/C20H28N2O5S/c1-4-26-17-7-5-6-8-18(17)27-12-11-22-15(2)13-16-9-10-19(25-3)20(14-16)28(21,23)24/h5-10,14-15,22H,4,11-13H2,1-3H3,(H2,21,23,24)/t15-/m1/s1/i2D3,5D,6D,7D,8D,9D,10D,12D2,13D2,14D,15D. The molecule has 0 amide bonds. The van der Waals surface area contributed by atoms with Crippen molar-refractivity contribution in [2.45, 2.75) is 31.1 Å². The van der Waals surface area contributed by atoms with E-state index in [9.17, 15) is 8.42 Å². The Hall–Kier alpha value is -2.29. The van der Waals surface area contributed by atoms with Crippen molar-refractivity contribution >= 4 is 10.0 Å². The molecular formula is C20H28N2O5S. The molecular weight excluding hydrogens is 380 g/mol. The predicted octanol–water partition coefficient (Wildman–Crippen LogP) is 2.34.